The third-order valence-electron chi connectivity index (χ3n) is 4.72. The van der Waals surface area contributed by atoms with Crippen molar-refractivity contribution in [3.63, 3.8) is 0 Å². The first-order valence-corrected chi connectivity index (χ1v) is 10.2. The smallest absolute Gasteiger partial charge is 0.252 e. The van der Waals surface area contributed by atoms with Crippen LogP contribution in [0.15, 0.2) is 40.6 Å². The van der Waals surface area contributed by atoms with Gasteiger partial charge in [0, 0.05) is 29.9 Å². The molecule has 6 nitrogen and oxygen atoms in total. The van der Waals surface area contributed by atoms with Crippen LogP contribution in [0.4, 0.5) is 0 Å². The van der Waals surface area contributed by atoms with Gasteiger partial charge < -0.3 is 15.2 Å². The van der Waals surface area contributed by atoms with E-state index in [-0.39, 0.29) is 17.4 Å². The highest BCUT2D eigenvalue weighted by Gasteiger charge is 2.26. The molecule has 0 bridgehead atoms. The molecule has 0 aliphatic rings. The van der Waals surface area contributed by atoms with E-state index in [1.165, 1.54) is 0 Å². The zero-order valence-electron chi connectivity index (χ0n) is 16.7. The number of benzene rings is 1. The van der Waals surface area contributed by atoms with Crippen LogP contribution in [-0.2, 0) is 4.79 Å². The van der Waals surface area contributed by atoms with Crippen LogP contribution in [-0.4, -0.2) is 48.0 Å². The number of nitrogens with zero attached hydrogens (tertiary/aromatic N) is 2. The van der Waals surface area contributed by atoms with Gasteiger partial charge in [0.1, 0.15) is 0 Å². The summed E-state index contributed by atoms with van der Waals surface area (Å²) in [7, 11) is 3.91. The average Bonchev–Trinajstić information content (AvgIpc) is 3.10. The number of fused-ring (bicyclic) bond motifs is 1. The van der Waals surface area contributed by atoms with E-state index in [2.05, 4.69) is 15.3 Å². The minimum Gasteiger partial charge on any atom is -0.354 e. The van der Waals surface area contributed by atoms with Crippen molar-refractivity contribution < 1.29 is 4.79 Å². The lowest BCUT2D eigenvalue weighted by Crippen LogP contribution is -2.38. The summed E-state index contributed by atoms with van der Waals surface area (Å²) in [5.41, 5.74) is 4.61. The van der Waals surface area contributed by atoms with Gasteiger partial charge in [-0.3, -0.25) is 9.59 Å². The Morgan fingerprint density at radius 1 is 1.25 bits per heavy atom. The van der Waals surface area contributed by atoms with Crippen molar-refractivity contribution in [1.82, 2.24) is 20.2 Å². The number of likely N-dealkylation sites (N-methyl/N-ethyl adjacent to an activating group) is 1. The second-order valence-corrected chi connectivity index (χ2v) is 8.39. The molecule has 2 aromatic heterocycles. The van der Waals surface area contributed by atoms with E-state index in [1.54, 1.807) is 17.4 Å². The van der Waals surface area contributed by atoms with Crippen molar-refractivity contribution in [1.29, 1.82) is 0 Å². The van der Waals surface area contributed by atoms with Crippen LogP contribution in [0, 0.1) is 5.92 Å². The summed E-state index contributed by atoms with van der Waals surface area (Å²) in [5, 5.41) is 2.94. The fourth-order valence-electron chi connectivity index (χ4n) is 3.24. The van der Waals surface area contributed by atoms with E-state index < -0.39 is 5.92 Å². The number of thiazole rings is 1. The van der Waals surface area contributed by atoms with Crippen LogP contribution in [0.3, 0.4) is 0 Å². The zero-order chi connectivity index (χ0) is 20.3. The zero-order valence-corrected chi connectivity index (χ0v) is 17.5. The Morgan fingerprint density at radius 2 is 2.04 bits per heavy atom. The Kier molecular flexibility index (Phi) is 6.26. The van der Waals surface area contributed by atoms with E-state index in [0.717, 1.165) is 28.0 Å². The average molecular weight is 399 g/mol. The minimum atomic E-state index is -0.485. The molecule has 0 fully saturated rings. The summed E-state index contributed by atoms with van der Waals surface area (Å²) >= 11 is 1.58. The molecule has 1 aromatic carbocycles. The number of carbonyl (C=O) groups is 1. The summed E-state index contributed by atoms with van der Waals surface area (Å²) < 4.78 is 1.11. The van der Waals surface area contributed by atoms with Crippen LogP contribution in [0.1, 0.15) is 25.3 Å². The molecule has 1 amide bonds. The van der Waals surface area contributed by atoms with Gasteiger partial charge >= 0.3 is 0 Å². The Bertz CT molecular complexity index is 1020. The summed E-state index contributed by atoms with van der Waals surface area (Å²) in [4.78, 5) is 34.8. The van der Waals surface area contributed by atoms with Gasteiger partial charge in [-0.15, -0.1) is 11.3 Å². The predicted molar refractivity (Wildman–Crippen MR) is 115 cm³/mol. The molecule has 28 heavy (non-hydrogen) atoms. The van der Waals surface area contributed by atoms with Gasteiger partial charge in [-0.05, 0) is 38.2 Å². The Labute approximate surface area is 168 Å². The van der Waals surface area contributed by atoms with Crippen molar-refractivity contribution in [2.75, 3.05) is 27.2 Å². The molecule has 2 N–H and O–H groups in total. The molecule has 0 saturated heterocycles. The normalized spacial score (nSPS) is 12.6. The van der Waals surface area contributed by atoms with E-state index in [0.29, 0.717) is 12.1 Å². The van der Waals surface area contributed by atoms with Gasteiger partial charge in [-0.25, -0.2) is 4.98 Å². The summed E-state index contributed by atoms with van der Waals surface area (Å²) in [6.07, 6.45) is 0. The van der Waals surface area contributed by atoms with E-state index >= 15 is 0 Å². The molecule has 2 heterocycles. The van der Waals surface area contributed by atoms with E-state index in [9.17, 15) is 9.59 Å². The van der Waals surface area contributed by atoms with Gasteiger partial charge in [0.25, 0.3) is 5.56 Å². The lowest BCUT2D eigenvalue weighted by Gasteiger charge is -2.21. The number of nitrogens with one attached hydrogen (secondary N) is 2. The minimum absolute atomic E-state index is 0.0117. The number of pyridine rings is 1. The molecule has 0 saturated carbocycles. The highest BCUT2D eigenvalue weighted by molar-refractivity contribution is 7.16. The molecular formula is C21H26N4O2S. The molecule has 0 aliphatic heterocycles. The highest BCUT2D eigenvalue weighted by atomic mass is 32.1. The Balaban J connectivity index is 1.86. The lowest BCUT2D eigenvalue weighted by atomic mass is 9.88. The maximum atomic E-state index is 12.8. The van der Waals surface area contributed by atoms with Gasteiger partial charge in [0.2, 0.25) is 5.91 Å². The standard InChI is InChI=1S/C21H26N4O2S/c1-13(2)19(21(27)22-9-10-25(3)4)15-6-7-16(24-20(15)26)14-5-8-18-17(11-14)23-12-28-18/h5-8,11-13,19H,9-10H2,1-4H3,(H,22,27)(H,24,26). The van der Waals surface area contributed by atoms with Crippen molar-refractivity contribution >= 4 is 27.5 Å². The molecule has 7 heteroatoms. The molecule has 3 aromatic rings. The maximum Gasteiger partial charge on any atom is 0.252 e. The summed E-state index contributed by atoms with van der Waals surface area (Å²) in [6.45, 7) is 5.23. The predicted octanol–water partition coefficient (Wildman–Crippen LogP) is 3.07. The van der Waals surface area contributed by atoms with Gasteiger partial charge in [-0.1, -0.05) is 26.0 Å². The quantitative estimate of drug-likeness (QED) is 0.641. The van der Waals surface area contributed by atoms with E-state index in [1.807, 2.05) is 62.6 Å². The first kappa shape index (κ1) is 20.2. The van der Waals surface area contributed by atoms with Crippen molar-refractivity contribution in [3.8, 4) is 11.3 Å². The maximum absolute atomic E-state index is 12.8. The summed E-state index contributed by atoms with van der Waals surface area (Å²) in [5.74, 6) is -0.586. The number of aromatic nitrogens is 2. The third kappa shape index (κ3) is 4.48. The Hall–Kier alpha value is -2.51. The van der Waals surface area contributed by atoms with Gasteiger partial charge in [0.05, 0.1) is 21.6 Å². The van der Waals surface area contributed by atoms with Gasteiger partial charge in [-0.2, -0.15) is 0 Å². The van der Waals surface area contributed by atoms with Crippen LogP contribution in [0.5, 0.6) is 0 Å². The second kappa shape index (κ2) is 8.67. The molecule has 3 rings (SSSR count). The van der Waals surface area contributed by atoms with Crippen LogP contribution in [0.25, 0.3) is 21.5 Å². The largest absolute Gasteiger partial charge is 0.354 e. The van der Waals surface area contributed by atoms with Crippen molar-refractivity contribution in [3.05, 3.63) is 51.8 Å². The number of rotatable bonds is 7. The van der Waals surface area contributed by atoms with Crippen LogP contribution < -0.4 is 10.9 Å². The van der Waals surface area contributed by atoms with Crippen molar-refractivity contribution in [2.45, 2.75) is 19.8 Å². The van der Waals surface area contributed by atoms with E-state index in [4.69, 9.17) is 0 Å². The number of aromatic amines is 1. The van der Waals surface area contributed by atoms with Gasteiger partial charge in [0.15, 0.2) is 0 Å². The van der Waals surface area contributed by atoms with Crippen LogP contribution in [0.2, 0.25) is 0 Å². The first-order valence-electron chi connectivity index (χ1n) is 9.36. The topological polar surface area (TPSA) is 78.1 Å². The molecule has 0 radical (unpaired) electrons. The number of carbonyl (C=O) groups excluding carboxylic acids is 1. The fourth-order valence-corrected chi connectivity index (χ4v) is 3.90. The number of hydrogen-bond acceptors (Lipinski definition) is 5. The number of H-pyrrole nitrogens is 1. The molecule has 0 spiro atoms. The lowest BCUT2D eigenvalue weighted by molar-refractivity contribution is -0.123. The monoisotopic (exact) mass is 398 g/mol. The highest BCUT2D eigenvalue weighted by Crippen LogP contribution is 2.26. The summed E-state index contributed by atoms with van der Waals surface area (Å²) in [6, 6.07) is 9.58. The first-order chi connectivity index (χ1) is 13.4. The third-order valence-corrected chi connectivity index (χ3v) is 5.53. The van der Waals surface area contributed by atoms with Crippen LogP contribution >= 0.6 is 11.3 Å². The number of hydrogen-bond donors (Lipinski definition) is 2. The Morgan fingerprint density at radius 3 is 2.71 bits per heavy atom. The SMILES string of the molecule is CC(C)C(C(=O)NCCN(C)C)c1ccc(-c2ccc3scnc3c2)[nH]c1=O. The second-order valence-electron chi connectivity index (χ2n) is 7.51. The molecular weight excluding hydrogens is 372 g/mol. The fraction of sp³-hybridized carbons (Fsp3) is 0.381. The molecule has 1 unspecified atom stereocenters. The molecule has 0 aliphatic carbocycles. The molecule has 1 atom stereocenters. The van der Waals surface area contributed by atoms with Crippen molar-refractivity contribution in [2.24, 2.45) is 5.92 Å². The molecule has 148 valence electrons. The number of amides is 1.